The van der Waals surface area contributed by atoms with Crippen LogP contribution in [0.5, 0.6) is 5.75 Å². The zero-order valence-electron chi connectivity index (χ0n) is 11.1. The van der Waals surface area contributed by atoms with Crippen molar-refractivity contribution in [1.82, 2.24) is 5.32 Å². The molecule has 0 saturated heterocycles. The highest BCUT2D eigenvalue weighted by Gasteiger charge is 2.24. The van der Waals surface area contributed by atoms with E-state index in [9.17, 15) is 0 Å². The molecule has 94 valence electrons. The highest BCUT2D eigenvalue weighted by atomic mass is 16.5. The van der Waals surface area contributed by atoms with E-state index in [1.807, 2.05) is 0 Å². The molecule has 0 amide bonds. The van der Waals surface area contributed by atoms with Crippen LogP contribution in [0, 0.1) is 5.92 Å². The topological polar surface area (TPSA) is 21.3 Å². The molecule has 2 rings (SSSR count). The minimum absolute atomic E-state index is 0.504. The van der Waals surface area contributed by atoms with E-state index < -0.39 is 0 Å². The smallest absolute Gasteiger partial charge is 0.119 e. The van der Waals surface area contributed by atoms with Crippen LogP contribution in [0.4, 0.5) is 0 Å². The summed E-state index contributed by atoms with van der Waals surface area (Å²) in [4.78, 5) is 0. The molecule has 1 aromatic rings. The minimum atomic E-state index is 0.504. The van der Waals surface area contributed by atoms with Crippen LogP contribution in [0.15, 0.2) is 18.2 Å². The summed E-state index contributed by atoms with van der Waals surface area (Å²) in [5.41, 5.74) is 2.93. The van der Waals surface area contributed by atoms with Gasteiger partial charge in [0.2, 0.25) is 0 Å². The van der Waals surface area contributed by atoms with Gasteiger partial charge in [0.1, 0.15) is 5.75 Å². The predicted molar refractivity (Wildman–Crippen MR) is 71.5 cm³/mol. The molecule has 0 fully saturated rings. The van der Waals surface area contributed by atoms with Crippen LogP contribution in [-0.2, 0) is 6.42 Å². The number of rotatable bonds is 4. The molecule has 0 radical (unpaired) electrons. The third kappa shape index (κ3) is 2.81. The molecular weight excluding hydrogens is 210 g/mol. The summed E-state index contributed by atoms with van der Waals surface area (Å²) >= 11 is 0. The molecule has 2 heteroatoms. The van der Waals surface area contributed by atoms with E-state index in [1.54, 1.807) is 7.11 Å². The molecule has 1 aliphatic carbocycles. The maximum Gasteiger partial charge on any atom is 0.119 e. The van der Waals surface area contributed by atoms with Gasteiger partial charge in [0.25, 0.3) is 0 Å². The van der Waals surface area contributed by atoms with Crippen LogP contribution < -0.4 is 10.1 Å². The minimum Gasteiger partial charge on any atom is -0.497 e. The van der Waals surface area contributed by atoms with Crippen molar-refractivity contribution < 1.29 is 4.74 Å². The lowest BCUT2D eigenvalue weighted by atomic mass is 9.81. The van der Waals surface area contributed by atoms with Crippen molar-refractivity contribution in [2.75, 3.05) is 13.7 Å². The van der Waals surface area contributed by atoms with Gasteiger partial charge >= 0.3 is 0 Å². The van der Waals surface area contributed by atoms with E-state index in [-0.39, 0.29) is 0 Å². The molecule has 2 unspecified atom stereocenters. The van der Waals surface area contributed by atoms with Gasteiger partial charge in [-0.1, -0.05) is 19.9 Å². The molecular formula is C15H23NO. The molecule has 0 bridgehead atoms. The fourth-order valence-corrected chi connectivity index (χ4v) is 2.71. The monoisotopic (exact) mass is 233 g/mol. The van der Waals surface area contributed by atoms with Crippen LogP contribution in [0.3, 0.4) is 0 Å². The van der Waals surface area contributed by atoms with Gasteiger partial charge in [0.05, 0.1) is 7.11 Å². The van der Waals surface area contributed by atoms with Gasteiger partial charge in [-0.25, -0.2) is 0 Å². The van der Waals surface area contributed by atoms with Crippen LogP contribution in [-0.4, -0.2) is 13.7 Å². The van der Waals surface area contributed by atoms with Gasteiger partial charge in [0.15, 0.2) is 0 Å². The Morgan fingerprint density at radius 2 is 2.24 bits per heavy atom. The zero-order chi connectivity index (χ0) is 12.3. The first kappa shape index (κ1) is 12.4. The Morgan fingerprint density at radius 1 is 1.41 bits per heavy atom. The molecule has 0 aliphatic heterocycles. The van der Waals surface area contributed by atoms with E-state index in [4.69, 9.17) is 4.74 Å². The van der Waals surface area contributed by atoms with Gasteiger partial charge in [-0.15, -0.1) is 0 Å². The number of ether oxygens (including phenoxy) is 1. The van der Waals surface area contributed by atoms with Crippen LogP contribution in [0.1, 0.15) is 43.9 Å². The molecule has 1 aromatic carbocycles. The van der Waals surface area contributed by atoms with Crippen molar-refractivity contribution in [3.05, 3.63) is 29.3 Å². The largest absolute Gasteiger partial charge is 0.497 e. The molecule has 1 aliphatic rings. The van der Waals surface area contributed by atoms with E-state index in [2.05, 4.69) is 37.4 Å². The van der Waals surface area contributed by atoms with Crippen LogP contribution >= 0.6 is 0 Å². The highest BCUT2D eigenvalue weighted by Crippen LogP contribution is 2.35. The second kappa shape index (κ2) is 5.54. The maximum atomic E-state index is 5.33. The zero-order valence-corrected chi connectivity index (χ0v) is 11.1. The van der Waals surface area contributed by atoms with E-state index >= 15 is 0 Å². The van der Waals surface area contributed by atoms with Gasteiger partial charge < -0.3 is 10.1 Å². The molecule has 0 spiro atoms. The number of benzene rings is 1. The van der Waals surface area contributed by atoms with Gasteiger partial charge in [0, 0.05) is 6.04 Å². The van der Waals surface area contributed by atoms with Crippen molar-refractivity contribution >= 4 is 0 Å². The Bertz CT molecular complexity index is 375. The quantitative estimate of drug-likeness (QED) is 0.861. The Morgan fingerprint density at radius 3 is 2.94 bits per heavy atom. The summed E-state index contributed by atoms with van der Waals surface area (Å²) in [6.45, 7) is 5.65. The molecule has 17 heavy (non-hydrogen) atoms. The van der Waals surface area contributed by atoms with E-state index in [1.165, 1.54) is 30.4 Å². The molecule has 2 nitrogen and oxygen atoms in total. The van der Waals surface area contributed by atoms with Gasteiger partial charge in [-0.2, -0.15) is 0 Å². The summed E-state index contributed by atoms with van der Waals surface area (Å²) in [5, 5.41) is 3.65. The highest BCUT2D eigenvalue weighted by molar-refractivity contribution is 5.39. The first-order chi connectivity index (χ1) is 8.24. The first-order valence-electron chi connectivity index (χ1n) is 6.64. The Hall–Kier alpha value is -1.02. The number of nitrogens with one attached hydrogen (secondary N) is 1. The lowest BCUT2D eigenvalue weighted by Crippen LogP contribution is -2.29. The summed E-state index contributed by atoms with van der Waals surface area (Å²) < 4.78 is 5.33. The molecule has 0 aromatic heterocycles. The SMILES string of the molecule is CCCNC1CC(C)Cc2ccc(OC)cc21. The Labute approximate surface area is 104 Å². The van der Waals surface area contributed by atoms with Crippen molar-refractivity contribution in [2.45, 2.75) is 39.2 Å². The summed E-state index contributed by atoms with van der Waals surface area (Å²) in [6.07, 6.45) is 3.62. The van der Waals surface area contributed by atoms with Gasteiger partial charge in [-0.3, -0.25) is 0 Å². The van der Waals surface area contributed by atoms with Crippen molar-refractivity contribution in [2.24, 2.45) is 5.92 Å². The van der Waals surface area contributed by atoms with E-state index in [0.29, 0.717) is 6.04 Å². The first-order valence-corrected chi connectivity index (χ1v) is 6.64. The van der Waals surface area contributed by atoms with E-state index in [0.717, 1.165) is 18.2 Å². The van der Waals surface area contributed by atoms with Crippen molar-refractivity contribution in [3.8, 4) is 5.75 Å². The number of hydrogen-bond acceptors (Lipinski definition) is 2. The van der Waals surface area contributed by atoms with Gasteiger partial charge in [-0.05, 0) is 55.0 Å². The Balaban J connectivity index is 2.25. The number of methoxy groups -OCH3 is 1. The second-order valence-corrected chi connectivity index (χ2v) is 5.12. The fraction of sp³-hybridized carbons (Fsp3) is 0.600. The van der Waals surface area contributed by atoms with Crippen LogP contribution in [0.2, 0.25) is 0 Å². The maximum absolute atomic E-state index is 5.33. The third-order valence-corrected chi connectivity index (χ3v) is 3.58. The summed E-state index contributed by atoms with van der Waals surface area (Å²) in [6, 6.07) is 7.01. The summed E-state index contributed by atoms with van der Waals surface area (Å²) in [5.74, 6) is 1.74. The second-order valence-electron chi connectivity index (χ2n) is 5.12. The summed E-state index contributed by atoms with van der Waals surface area (Å²) in [7, 11) is 1.74. The molecule has 0 saturated carbocycles. The third-order valence-electron chi connectivity index (χ3n) is 3.58. The van der Waals surface area contributed by atoms with Crippen LogP contribution in [0.25, 0.3) is 0 Å². The lowest BCUT2D eigenvalue weighted by molar-refractivity contribution is 0.375. The van der Waals surface area contributed by atoms with Crippen molar-refractivity contribution in [3.63, 3.8) is 0 Å². The normalized spacial score (nSPS) is 23.2. The molecule has 1 N–H and O–H groups in total. The van der Waals surface area contributed by atoms with Crippen molar-refractivity contribution in [1.29, 1.82) is 0 Å². The predicted octanol–water partition coefficient (Wildman–Crippen LogP) is 3.32. The average Bonchev–Trinajstić information content (AvgIpc) is 2.35. The number of hydrogen-bond donors (Lipinski definition) is 1. The number of fused-ring (bicyclic) bond motifs is 1. The standard InChI is InChI=1S/C15H23NO/c1-4-7-16-15-9-11(2)8-12-5-6-13(17-3)10-14(12)15/h5-6,10-11,15-16H,4,7-9H2,1-3H3. The molecule has 2 atom stereocenters. The lowest BCUT2D eigenvalue weighted by Gasteiger charge is -2.30. The molecule has 0 heterocycles. The fourth-order valence-electron chi connectivity index (χ4n) is 2.71. The average molecular weight is 233 g/mol. The Kier molecular flexibility index (Phi) is 4.06.